The molecule has 0 aliphatic carbocycles. The second kappa shape index (κ2) is 14.9. The topological polar surface area (TPSA) is 46.0 Å². The Morgan fingerprint density at radius 2 is 1.32 bits per heavy atom. The molecule has 0 N–H and O–H groups in total. The van der Waals surface area contributed by atoms with Crippen LogP contribution in [-0.2, 0) is 5.41 Å². The Balaban J connectivity index is 1.18. The van der Waals surface area contributed by atoms with Crippen molar-refractivity contribution < 1.29 is 13.0 Å². The number of para-hydroxylation sites is 3. The van der Waals surface area contributed by atoms with Crippen molar-refractivity contribution in [2.24, 2.45) is 0 Å². The number of hydrogen-bond acceptors (Lipinski definition) is 3. The highest BCUT2D eigenvalue weighted by Crippen LogP contribution is 2.44. The first-order chi connectivity index (χ1) is 32.3. The molecule has 62 heavy (non-hydrogen) atoms. The van der Waals surface area contributed by atoms with E-state index in [1.54, 1.807) is 12.1 Å². The summed E-state index contributed by atoms with van der Waals surface area (Å²) in [4.78, 5) is 9.37. The minimum Gasteiger partial charge on any atom is -0.457 e. The highest BCUT2D eigenvalue weighted by molar-refractivity contribution is 6.09. The van der Waals surface area contributed by atoms with E-state index in [0.29, 0.717) is 22.7 Å². The molecule has 0 amide bonds. The molecule has 9 aromatic rings. The Morgan fingerprint density at radius 3 is 2.06 bits per heavy atom. The van der Waals surface area contributed by atoms with E-state index < -0.39 is 13.7 Å². The van der Waals surface area contributed by atoms with Gasteiger partial charge in [0.25, 0.3) is 11.4 Å². The van der Waals surface area contributed by atoms with Gasteiger partial charge < -0.3 is 4.74 Å². The lowest BCUT2D eigenvalue weighted by molar-refractivity contribution is 0.483. The van der Waals surface area contributed by atoms with E-state index in [0.717, 1.165) is 66.9 Å². The molecule has 1 aliphatic rings. The van der Waals surface area contributed by atoms with E-state index in [1.165, 1.54) is 29.3 Å². The summed E-state index contributed by atoms with van der Waals surface area (Å²) in [5.41, 5.74) is 11.9. The molecular weight excluding hydrogens is 759 g/mol. The Labute approximate surface area is 371 Å². The highest BCUT2D eigenvalue weighted by atomic mass is 16.5. The van der Waals surface area contributed by atoms with Crippen molar-refractivity contribution in [3.8, 4) is 39.6 Å². The molecular formula is C56H49N5O+2. The van der Waals surface area contributed by atoms with Gasteiger partial charge in [0.2, 0.25) is 11.4 Å². The first-order valence-corrected chi connectivity index (χ1v) is 20.8. The number of benzene rings is 6. The van der Waals surface area contributed by atoms with E-state index in [9.17, 15) is 0 Å². The first-order valence-electron chi connectivity index (χ1n) is 23.8. The van der Waals surface area contributed by atoms with E-state index in [1.807, 2.05) is 82.3 Å². The van der Waals surface area contributed by atoms with Gasteiger partial charge in [-0.05, 0) is 136 Å². The molecule has 1 aliphatic heterocycles. The molecule has 0 unspecified atom stereocenters. The van der Waals surface area contributed by atoms with Gasteiger partial charge in [-0.3, -0.25) is 9.55 Å². The van der Waals surface area contributed by atoms with Crippen molar-refractivity contribution >= 4 is 50.6 Å². The number of aryl methyl sites for hydroxylation is 5. The third-order valence-corrected chi connectivity index (χ3v) is 11.8. The van der Waals surface area contributed by atoms with Crippen molar-refractivity contribution in [3.63, 3.8) is 0 Å². The molecule has 6 nitrogen and oxygen atoms in total. The third-order valence-electron chi connectivity index (χ3n) is 11.8. The van der Waals surface area contributed by atoms with Crippen molar-refractivity contribution in [1.82, 2.24) is 23.7 Å². The quantitative estimate of drug-likeness (QED) is 0.151. The largest absolute Gasteiger partial charge is 0.503 e. The van der Waals surface area contributed by atoms with Crippen LogP contribution in [0.15, 0.2) is 152 Å². The van der Waals surface area contributed by atoms with Gasteiger partial charge in [0.05, 0.1) is 28.9 Å². The minimum absolute atomic E-state index is 0.0360. The molecule has 0 atom stereocenters. The van der Waals surface area contributed by atoms with Crippen LogP contribution in [0.4, 0.5) is 22.7 Å². The van der Waals surface area contributed by atoms with Crippen LogP contribution in [0.25, 0.3) is 49.9 Å². The maximum absolute atomic E-state index is 8.48. The summed E-state index contributed by atoms with van der Waals surface area (Å²) in [5, 5.41) is 2.10. The SMILES string of the molecule is [2H]C([2H])([2H])c1cccc(C([2H])([2H])[2H])c1-c1ccccc1[N+]1=C=[N+](c2cc(Oc3ccc4c5ccncc5n(-c5cc(C(C)(C)C)ccn5)c4c3)cc(-c3c(C)cc(C)cc3C)c2)c2ccccc21. The fraction of sp³-hybridized carbons (Fsp3) is 0.161. The van der Waals surface area contributed by atoms with Gasteiger partial charge in [0.1, 0.15) is 17.3 Å². The molecule has 4 heterocycles. The van der Waals surface area contributed by atoms with E-state index in [2.05, 4.69) is 106 Å². The number of ether oxygens (including phenoxy) is 1. The molecule has 6 aromatic carbocycles. The molecule has 0 saturated heterocycles. The van der Waals surface area contributed by atoms with Gasteiger partial charge >= 0.3 is 6.01 Å². The van der Waals surface area contributed by atoms with Gasteiger partial charge in [-0.15, -0.1) is 0 Å². The Bertz CT molecular complexity index is 3530. The Hall–Kier alpha value is -7.40. The summed E-state index contributed by atoms with van der Waals surface area (Å²) in [6.07, 6.45) is 5.55. The summed E-state index contributed by atoms with van der Waals surface area (Å²) in [6.45, 7) is 7.77. The molecule has 6 heteroatoms. The molecule has 302 valence electrons. The van der Waals surface area contributed by atoms with Gasteiger partial charge in [-0.2, -0.15) is 0 Å². The van der Waals surface area contributed by atoms with E-state index in [4.69, 9.17) is 17.9 Å². The fourth-order valence-electron chi connectivity index (χ4n) is 9.00. The fourth-order valence-corrected chi connectivity index (χ4v) is 9.00. The zero-order chi connectivity index (χ0) is 47.9. The Kier molecular flexibility index (Phi) is 7.81. The van der Waals surface area contributed by atoms with E-state index >= 15 is 0 Å². The number of nitrogens with zero attached hydrogens (tertiary/aromatic N) is 5. The average Bonchev–Trinajstić information content (AvgIpc) is 3.84. The number of fused-ring (bicyclic) bond motifs is 4. The zero-order valence-electron chi connectivity index (χ0n) is 41.6. The summed E-state index contributed by atoms with van der Waals surface area (Å²) in [5.74, 6) is 2.02. The van der Waals surface area contributed by atoms with Crippen LogP contribution in [0.1, 0.15) is 62.4 Å². The maximum atomic E-state index is 8.48. The lowest BCUT2D eigenvalue weighted by Crippen LogP contribution is -2.12. The van der Waals surface area contributed by atoms with Crippen LogP contribution < -0.4 is 13.9 Å². The normalized spacial score (nSPS) is 14.3. The number of rotatable bonds is 7. The van der Waals surface area contributed by atoms with Gasteiger partial charge in [-0.1, -0.05) is 80.9 Å². The van der Waals surface area contributed by atoms with Crippen molar-refractivity contribution in [1.29, 1.82) is 0 Å². The molecule has 3 aromatic heterocycles. The molecule has 0 spiro atoms. The zero-order valence-corrected chi connectivity index (χ0v) is 35.6. The smallest absolute Gasteiger partial charge is 0.457 e. The Morgan fingerprint density at radius 1 is 0.613 bits per heavy atom. The highest BCUT2D eigenvalue weighted by Gasteiger charge is 2.38. The second-order valence-electron chi connectivity index (χ2n) is 17.2. The molecule has 0 fully saturated rings. The maximum Gasteiger partial charge on any atom is 0.503 e. The lowest BCUT2D eigenvalue weighted by Gasteiger charge is -2.20. The number of hydrogen-bond donors (Lipinski definition) is 0. The van der Waals surface area contributed by atoms with Crippen molar-refractivity contribution in [2.75, 3.05) is 0 Å². The van der Waals surface area contributed by atoms with Gasteiger partial charge in [0.15, 0.2) is 0 Å². The first kappa shape index (κ1) is 32.4. The van der Waals surface area contributed by atoms with Crippen molar-refractivity contribution in [3.05, 3.63) is 185 Å². The number of pyridine rings is 2. The average molecular weight is 814 g/mol. The molecule has 0 radical (unpaired) electrons. The van der Waals surface area contributed by atoms with Crippen LogP contribution in [-0.4, -0.2) is 20.5 Å². The second-order valence-corrected chi connectivity index (χ2v) is 17.2. The van der Waals surface area contributed by atoms with Crippen LogP contribution >= 0.6 is 0 Å². The third kappa shape index (κ3) is 6.70. The van der Waals surface area contributed by atoms with Gasteiger partial charge in [-0.25, -0.2) is 4.98 Å². The van der Waals surface area contributed by atoms with Crippen LogP contribution in [0, 0.1) is 34.5 Å². The minimum atomic E-state index is -2.58. The molecule has 10 rings (SSSR count). The predicted molar refractivity (Wildman–Crippen MR) is 257 cm³/mol. The molecule has 0 bridgehead atoms. The monoisotopic (exact) mass is 813 g/mol. The predicted octanol–water partition coefficient (Wildman–Crippen LogP) is 14.4. The van der Waals surface area contributed by atoms with Crippen LogP contribution in [0.3, 0.4) is 0 Å². The number of aromatic nitrogens is 3. The van der Waals surface area contributed by atoms with Crippen LogP contribution in [0.2, 0.25) is 0 Å². The standard InChI is InChI=1S/C56H49N5O/c1-35-26-38(4)54(39(5)27-35)40-28-42(59-34-60(50-19-12-11-18-49(50)59)48-17-10-9-16-47(48)55-36(2)14-13-15-37(55)3)31-44(29-40)62-43-20-21-45-46-23-24-57-33-52(46)61(51(45)32-43)53-30-41(22-25-58-53)56(6,7)8/h9-33H,1-8H3/q+2/i2D3,3D3. The summed E-state index contributed by atoms with van der Waals surface area (Å²) in [7, 11) is 0. The summed E-state index contributed by atoms with van der Waals surface area (Å²) >= 11 is 0. The van der Waals surface area contributed by atoms with Crippen LogP contribution in [0.5, 0.6) is 11.5 Å². The molecule has 0 saturated carbocycles. The lowest BCUT2D eigenvalue weighted by atomic mass is 9.88. The van der Waals surface area contributed by atoms with Crippen molar-refractivity contribution in [2.45, 2.75) is 60.7 Å². The summed E-state index contributed by atoms with van der Waals surface area (Å²) in [6, 6.07) is 46.2. The van der Waals surface area contributed by atoms with Gasteiger partial charge in [0, 0.05) is 61.7 Å². The van der Waals surface area contributed by atoms with E-state index in [-0.39, 0.29) is 22.1 Å². The summed E-state index contributed by atoms with van der Waals surface area (Å²) < 4.78 is 63.8.